The molecule has 1 N–H and O–H groups in total. The fraction of sp³-hybridized carbons (Fsp3) is 0.235. The molecular formula is C17H16N2O5. The van der Waals surface area contributed by atoms with Crippen LogP contribution in [0.25, 0.3) is 0 Å². The summed E-state index contributed by atoms with van der Waals surface area (Å²) in [5.41, 5.74) is 0.753. The van der Waals surface area contributed by atoms with Crippen molar-refractivity contribution in [2.75, 3.05) is 12.0 Å². The van der Waals surface area contributed by atoms with E-state index in [0.717, 1.165) is 0 Å². The number of hydrogen-bond donors (Lipinski definition) is 1. The molecule has 1 aliphatic rings. The number of nitrogens with one attached hydrogen (secondary N) is 1. The van der Waals surface area contributed by atoms with Gasteiger partial charge >= 0.3 is 0 Å². The molecule has 2 aromatic rings. The summed E-state index contributed by atoms with van der Waals surface area (Å²) in [4.78, 5) is 37.5. The Morgan fingerprint density at radius 2 is 2.04 bits per heavy atom. The minimum atomic E-state index is -0.817. The minimum Gasteiger partial charge on any atom is -0.459 e. The molecule has 124 valence electrons. The van der Waals surface area contributed by atoms with Crippen LogP contribution in [-0.4, -0.2) is 41.9 Å². The molecule has 0 spiro atoms. The summed E-state index contributed by atoms with van der Waals surface area (Å²) in [5.74, 6) is -0.707. The summed E-state index contributed by atoms with van der Waals surface area (Å²) >= 11 is 0. The first-order chi connectivity index (χ1) is 11.6. The van der Waals surface area contributed by atoms with Crippen LogP contribution in [0.4, 0.5) is 5.69 Å². The van der Waals surface area contributed by atoms with E-state index in [1.807, 2.05) is 0 Å². The van der Waals surface area contributed by atoms with Crippen LogP contribution in [0.3, 0.4) is 0 Å². The second kappa shape index (κ2) is 6.67. The molecule has 1 aromatic heterocycles. The summed E-state index contributed by atoms with van der Waals surface area (Å²) in [6.45, 7) is 1.71. The minimum absolute atomic E-state index is 0.00584. The van der Waals surface area contributed by atoms with Gasteiger partial charge in [0.15, 0.2) is 12.0 Å². The number of benzene rings is 1. The molecule has 1 saturated heterocycles. The Morgan fingerprint density at radius 3 is 2.75 bits per heavy atom. The maximum absolute atomic E-state index is 12.6. The van der Waals surface area contributed by atoms with Gasteiger partial charge in [-0.2, -0.15) is 0 Å². The van der Waals surface area contributed by atoms with Gasteiger partial charge < -0.3 is 14.5 Å². The van der Waals surface area contributed by atoms with Crippen LogP contribution in [0.15, 0.2) is 47.1 Å². The number of ether oxygens (including phenoxy) is 1. The first-order valence-corrected chi connectivity index (χ1v) is 7.43. The average molecular weight is 328 g/mol. The molecule has 0 saturated carbocycles. The number of carbonyl (C=O) groups excluding carboxylic acids is 3. The molecule has 1 fully saturated rings. The van der Waals surface area contributed by atoms with E-state index in [1.165, 1.54) is 17.2 Å². The molecule has 2 amide bonds. The van der Waals surface area contributed by atoms with Gasteiger partial charge in [0, 0.05) is 5.56 Å². The summed E-state index contributed by atoms with van der Waals surface area (Å²) in [5, 5.41) is 2.69. The van der Waals surface area contributed by atoms with Crippen LogP contribution >= 0.6 is 0 Å². The fourth-order valence-electron chi connectivity index (χ4n) is 2.62. The van der Waals surface area contributed by atoms with E-state index in [4.69, 9.17) is 9.15 Å². The van der Waals surface area contributed by atoms with Crippen molar-refractivity contribution in [3.8, 4) is 0 Å². The van der Waals surface area contributed by atoms with Gasteiger partial charge in [0.25, 0.3) is 5.91 Å². The van der Waals surface area contributed by atoms with Gasteiger partial charge in [-0.15, -0.1) is 0 Å². The molecule has 2 atom stereocenters. The highest BCUT2D eigenvalue weighted by molar-refractivity contribution is 6.02. The zero-order valence-electron chi connectivity index (χ0n) is 13.0. The number of carbonyl (C=O) groups is 3. The van der Waals surface area contributed by atoms with E-state index >= 15 is 0 Å². The van der Waals surface area contributed by atoms with Crippen LogP contribution in [0, 0.1) is 0 Å². The number of anilines is 1. The van der Waals surface area contributed by atoms with E-state index in [1.54, 1.807) is 37.3 Å². The van der Waals surface area contributed by atoms with E-state index in [-0.39, 0.29) is 12.5 Å². The van der Waals surface area contributed by atoms with Crippen molar-refractivity contribution in [2.45, 2.75) is 19.1 Å². The quantitative estimate of drug-likeness (QED) is 0.866. The third-order valence-electron chi connectivity index (χ3n) is 3.86. The Morgan fingerprint density at radius 1 is 1.25 bits per heavy atom. The Balaban J connectivity index is 1.81. The second-order valence-electron chi connectivity index (χ2n) is 5.39. The van der Waals surface area contributed by atoms with Crippen LogP contribution < -0.4 is 5.32 Å². The normalized spacial score (nSPS) is 20.0. The molecule has 3 rings (SSSR count). The molecule has 7 heteroatoms. The smallest absolute Gasteiger partial charge is 0.292 e. The Bertz CT molecular complexity index is 756. The Hall–Kier alpha value is -2.93. The van der Waals surface area contributed by atoms with Crippen molar-refractivity contribution in [3.05, 3.63) is 54.0 Å². The van der Waals surface area contributed by atoms with Crippen molar-refractivity contribution in [1.82, 2.24) is 4.90 Å². The number of nitrogens with zero attached hydrogens (tertiary/aromatic N) is 1. The zero-order chi connectivity index (χ0) is 17.1. The molecule has 2 heterocycles. The number of para-hydroxylation sites is 1. The van der Waals surface area contributed by atoms with Crippen molar-refractivity contribution >= 4 is 23.8 Å². The third-order valence-corrected chi connectivity index (χ3v) is 3.86. The Kier molecular flexibility index (Phi) is 4.43. The highest BCUT2D eigenvalue weighted by Gasteiger charge is 2.41. The van der Waals surface area contributed by atoms with Gasteiger partial charge in [-0.25, -0.2) is 0 Å². The molecule has 0 bridgehead atoms. The number of rotatable bonds is 4. The van der Waals surface area contributed by atoms with Gasteiger partial charge in [-0.3, -0.25) is 19.3 Å². The maximum Gasteiger partial charge on any atom is 0.292 e. The molecule has 7 nitrogen and oxygen atoms in total. The summed E-state index contributed by atoms with van der Waals surface area (Å²) < 4.78 is 10.5. The molecule has 0 unspecified atom stereocenters. The summed E-state index contributed by atoms with van der Waals surface area (Å²) in [7, 11) is 0. The number of furan rings is 1. The molecular weight excluding hydrogens is 312 g/mol. The van der Waals surface area contributed by atoms with Crippen LogP contribution in [-0.2, 0) is 9.53 Å². The van der Waals surface area contributed by atoms with E-state index in [2.05, 4.69) is 5.32 Å². The standard InChI is InChI=1S/C17H16N2O5/c1-11-15(16(21)18-13-6-3-2-5-12(13)9-20)19(10-24-11)17(22)14-7-4-8-23-14/h2-9,11,15H,10H2,1H3,(H,18,21)/t11-,15+/m1/s1. The molecule has 24 heavy (non-hydrogen) atoms. The van der Waals surface area contributed by atoms with Gasteiger partial charge in [-0.1, -0.05) is 12.1 Å². The SMILES string of the molecule is C[C@H]1OCN(C(=O)c2ccco2)[C@@H]1C(=O)Nc1ccccc1C=O. The topological polar surface area (TPSA) is 88.8 Å². The highest BCUT2D eigenvalue weighted by Crippen LogP contribution is 2.22. The van der Waals surface area contributed by atoms with Gasteiger partial charge in [0.05, 0.1) is 18.1 Å². The van der Waals surface area contributed by atoms with Gasteiger partial charge in [0.2, 0.25) is 5.91 Å². The molecule has 1 aliphatic heterocycles. The second-order valence-corrected chi connectivity index (χ2v) is 5.39. The zero-order valence-corrected chi connectivity index (χ0v) is 13.0. The summed E-state index contributed by atoms with van der Waals surface area (Å²) in [6.07, 6.45) is 1.58. The molecule has 0 radical (unpaired) electrons. The predicted octanol–water partition coefficient (Wildman–Crippen LogP) is 1.92. The first kappa shape index (κ1) is 15.9. The van der Waals surface area contributed by atoms with Crippen molar-refractivity contribution in [1.29, 1.82) is 0 Å². The molecule has 0 aliphatic carbocycles. The highest BCUT2D eigenvalue weighted by atomic mass is 16.5. The van der Waals surface area contributed by atoms with Crippen LogP contribution in [0.2, 0.25) is 0 Å². The third kappa shape index (κ3) is 2.93. The van der Waals surface area contributed by atoms with Gasteiger partial charge in [-0.05, 0) is 31.2 Å². The lowest BCUT2D eigenvalue weighted by Gasteiger charge is -2.23. The lowest BCUT2D eigenvalue weighted by Crippen LogP contribution is -2.47. The Labute approximate surface area is 138 Å². The van der Waals surface area contributed by atoms with E-state index in [9.17, 15) is 14.4 Å². The van der Waals surface area contributed by atoms with Gasteiger partial charge in [0.1, 0.15) is 12.8 Å². The van der Waals surface area contributed by atoms with Crippen LogP contribution in [0.5, 0.6) is 0 Å². The average Bonchev–Trinajstić information content (AvgIpc) is 3.24. The number of aldehydes is 1. The predicted molar refractivity (Wildman–Crippen MR) is 84.5 cm³/mol. The lowest BCUT2D eigenvalue weighted by molar-refractivity contribution is -0.120. The van der Waals surface area contributed by atoms with Crippen molar-refractivity contribution in [2.24, 2.45) is 0 Å². The first-order valence-electron chi connectivity index (χ1n) is 7.43. The van der Waals surface area contributed by atoms with E-state index in [0.29, 0.717) is 17.5 Å². The molecule has 1 aromatic carbocycles. The monoisotopic (exact) mass is 328 g/mol. The van der Waals surface area contributed by atoms with E-state index < -0.39 is 24.0 Å². The van der Waals surface area contributed by atoms with Crippen molar-refractivity contribution in [3.63, 3.8) is 0 Å². The van der Waals surface area contributed by atoms with Crippen molar-refractivity contribution < 1.29 is 23.5 Å². The van der Waals surface area contributed by atoms with Crippen LogP contribution in [0.1, 0.15) is 27.8 Å². The fourth-order valence-corrected chi connectivity index (χ4v) is 2.62. The number of amides is 2. The largest absolute Gasteiger partial charge is 0.459 e. The lowest BCUT2D eigenvalue weighted by atomic mass is 10.1. The maximum atomic E-state index is 12.6. The number of hydrogen-bond acceptors (Lipinski definition) is 5. The summed E-state index contributed by atoms with van der Waals surface area (Å²) in [6, 6.07) is 8.95.